The third-order valence-electron chi connectivity index (χ3n) is 3.43. The molecule has 0 radical (unpaired) electrons. The Balaban J connectivity index is 1.65. The Morgan fingerprint density at radius 1 is 0.682 bits per heavy atom. The van der Waals surface area contributed by atoms with E-state index < -0.39 is 0 Å². The predicted octanol–water partition coefficient (Wildman–Crippen LogP) is 5.73. The van der Waals surface area contributed by atoms with Crippen LogP contribution >= 0.6 is 21.6 Å². The number of aromatic amines is 2. The van der Waals surface area contributed by atoms with Gasteiger partial charge in [0.15, 0.2) is 0 Å². The van der Waals surface area contributed by atoms with Gasteiger partial charge in [0.1, 0.15) is 11.6 Å². The monoisotopic (exact) mass is 332 g/mol. The van der Waals surface area contributed by atoms with Crippen molar-refractivity contribution in [1.82, 2.24) is 9.97 Å². The van der Waals surface area contributed by atoms with Crippen LogP contribution in [0.4, 0.5) is 8.78 Å². The molecule has 4 rings (SSSR count). The van der Waals surface area contributed by atoms with Gasteiger partial charge >= 0.3 is 0 Å². The number of hydrogen-bond acceptors (Lipinski definition) is 2. The van der Waals surface area contributed by atoms with Crippen LogP contribution in [0.2, 0.25) is 0 Å². The number of nitrogens with one attached hydrogen (secondary N) is 2. The van der Waals surface area contributed by atoms with Crippen LogP contribution in [-0.2, 0) is 0 Å². The maximum Gasteiger partial charge on any atom is 0.123 e. The molecule has 0 bridgehead atoms. The number of H-pyrrole nitrogens is 2. The topological polar surface area (TPSA) is 31.6 Å². The molecule has 0 aliphatic carbocycles. The molecule has 0 aliphatic heterocycles. The quantitative estimate of drug-likeness (QED) is 0.470. The fourth-order valence-electron chi connectivity index (χ4n) is 2.36. The van der Waals surface area contributed by atoms with E-state index in [4.69, 9.17) is 0 Å². The van der Waals surface area contributed by atoms with Crippen LogP contribution in [0.25, 0.3) is 21.8 Å². The molecule has 0 unspecified atom stereocenters. The maximum absolute atomic E-state index is 13.4. The first-order valence-corrected chi connectivity index (χ1v) is 8.73. The molecule has 2 N–H and O–H groups in total. The lowest BCUT2D eigenvalue weighted by Gasteiger charge is -1.99. The fourth-order valence-corrected chi connectivity index (χ4v) is 4.64. The van der Waals surface area contributed by atoms with Gasteiger partial charge in [-0.3, -0.25) is 0 Å². The van der Waals surface area contributed by atoms with Gasteiger partial charge in [0.05, 0.1) is 0 Å². The minimum atomic E-state index is -0.256. The molecule has 4 aromatic rings. The highest BCUT2D eigenvalue weighted by atomic mass is 33.1. The predicted molar refractivity (Wildman–Crippen MR) is 88.2 cm³/mol. The molecule has 110 valence electrons. The number of benzene rings is 2. The SMILES string of the molecule is Fc1ccc2[nH]cc(SSc3c[nH]c4ccc(F)cc34)c2c1. The standard InChI is InChI=1S/C16H10F2N2S2/c17-9-1-3-13-11(5-9)15(7-19-13)21-22-16-8-20-14-4-2-10(18)6-12(14)16/h1-8,19-20H. The Labute approximate surface area is 132 Å². The van der Waals surface area contributed by atoms with Crippen LogP contribution in [0.1, 0.15) is 0 Å². The summed E-state index contributed by atoms with van der Waals surface area (Å²) in [4.78, 5) is 8.14. The zero-order chi connectivity index (χ0) is 15.1. The zero-order valence-corrected chi connectivity index (χ0v) is 12.8. The molecule has 0 saturated heterocycles. The van der Waals surface area contributed by atoms with E-state index in [0.717, 1.165) is 31.6 Å². The van der Waals surface area contributed by atoms with Crippen molar-refractivity contribution in [3.63, 3.8) is 0 Å². The number of fused-ring (bicyclic) bond motifs is 2. The summed E-state index contributed by atoms with van der Waals surface area (Å²) in [6.07, 6.45) is 3.72. The summed E-state index contributed by atoms with van der Waals surface area (Å²) < 4.78 is 26.8. The highest BCUT2D eigenvalue weighted by Gasteiger charge is 2.10. The van der Waals surface area contributed by atoms with Crippen LogP contribution in [0.5, 0.6) is 0 Å². The number of halogens is 2. The Bertz CT molecular complexity index is 895. The van der Waals surface area contributed by atoms with E-state index in [-0.39, 0.29) is 11.6 Å². The molecule has 2 aromatic carbocycles. The van der Waals surface area contributed by atoms with Crippen molar-refractivity contribution in [2.75, 3.05) is 0 Å². The second-order valence-corrected chi connectivity index (χ2v) is 7.07. The third kappa shape index (κ3) is 2.38. The molecule has 0 atom stereocenters. The molecule has 0 fully saturated rings. The van der Waals surface area contributed by atoms with E-state index in [1.165, 1.54) is 45.9 Å². The first-order chi connectivity index (χ1) is 10.7. The molecule has 2 heterocycles. The van der Waals surface area contributed by atoms with E-state index in [2.05, 4.69) is 9.97 Å². The number of aromatic nitrogens is 2. The molecular weight excluding hydrogens is 322 g/mol. The van der Waals surface area contributed by atoms with Gasteiger partial charge in [0.25, 0.3) is 0 Å². The fraction of sp³-hybridized carbons (Fsp3) is 0. The Morgan fingerprint density at radius 3 is 1.59 bits per heavy atom. The number of hydrogen-bond donors (Lipinski definition) is 2. The van der Waals surface area contributed by atoms with E-state index in [9.17, 15) is 8.78 Å². The molecule has 0 aliphatic rings. The highest BCUT2D eigenvalue weighted by molar-refractivity contribution is 8.76. The summed E-state index contributed by atoms with van der Waals surface area (Å²) in [5.74, 6) is -0.513. The van der Waals surface area contributed by atoms with Crippen LogP contribution in [0.15, 0.2) is 58.6 Å². The molecule has 22 heavy (non-hydrogen) atoms. The van der Waals surface area contributed by atoms with Crippen LogP contribution in [0.3, 0.4) is 0 Å². The molecule has 6 heteroatoms. The highest BCUT2D eigenvalue weighted by Crippen LogP contribution is 2.43. The normalized spacial score (nSPS) is 11.5. The van der Waals surface area contributed by atoms with Crippen molar-refractivity contribution < 1.29 is 8.78 Å². The van der Waals surface area contributed by atoms with Crippen molar-refractivity contribution >= 4 is 43.4 Å². The van der Waals surface area contributed by atoms with E-state index in [1.54, 1.807) is 12.1 Å². The Hall–Kier alpha value is -1.92. The van der Waals surface area contributed by atoms with Gasteiger partial charge in [-0.2, -0.15) is 0 Å². The van der Waals surface area contributed by atoms with E-state index in [0.29, 0.717) is 0 Å². The molecule has 0 amide bonds. The molecule has 2 aromatic heterocycles. The lowest BCUT2D eigenvalue weighted by Crippen LogP contribution is -1.74. The summed E-state index contributed by atoms with van der Waals surface area (Å²) in [5.41, 5.74) is 1.80. The van der Waals surface area contributed by atoms with Crippen molar-refractivity contribution in [3.05, 3.63) is 60.4 Å². The third-order valence-corrected chi connectivity index (χ3v) is 5.88. The molecular formula is C16H10F2N2S2. The summed E-state index contributed by atoms with van der Waals surface area (Å²) in [6.45, 7) is 0. The van der Waals surface area contributed by atoms with Crippen molar-refractivity contribution in [2.24, 2.45) is 0 Å². The molecule has 2 nitrogen and oxygen atoms in total. The van der Waals surface area contributed by atoms with Crippen molar-refractivity contribution in [1.29, 1.82) is 0 Å². The average molecular weight is 332 g/mol. The summed E-state index contributed by atoms with van der Waals surface area (Å²) in [7, 11) is 3.04. The van der Waals surface area contributed by atoms with Crippen LogP contribution in [0, 0.1) is 11.6 Å². The Morgan fingerprint density at radius 2 is 1.14 bits per heavy atom. The lowest BCUT2D eigenvalue weighted by atomic mass is 10.2. The van der Waals surface area contributed by atoms with Crippen molar-refractivity contribution in [3.8, 4) is 0 Å². The van der Waals surface area contributed by atoms with E-state index in [1.807, 2.05) is 12.4 Å². The summed E-state index contributed by atoms with van der Waals surface area (Å²) in [5, 5.41) is 1.70. The van der Waals surface area contributed by atoms with Gasteiger partial charge in [-0.15, -0.1) is 0 Å². The summed E-state index contributed by atoms with van der Waals surface area (Å²) in [6, 6.07) is 9.35. The second-order valence-electron chi connectivity index (χ2n) is 4.85. The van der Waals surface area contributed by atoms with Crippen molar-refractivity contribution in [2.45, 2.75) is 9.79 Å². The molecule has 0 saturated carbocycles. The Kier molecular flexibility index (Phi) is 3.35. The average Bonchev–Trinajstić information content (AvgIpc) is 3.08. The minimum Gasteiger partial charge on any atom is -0.360 e. The maximum atomic E-state index is 13.4. The van der Waals surface area contributed by atoms with Gasteiger partial charge in [-0.1, -0.05) is 21.6 Å². The van der Waals surface area contributed by atoms with Gasteiger partial charge in [0.2, 0.25) is 0 Å². The van der Waals surface area contributed by atoms with Gasteiger partial charge < -0.3 is 9.97 Å². The first-order valence-electron chi connectivity index (χ1n) is 6.58. The lowest BCUT2D eigenvalue weighted by molar-refractivity contribution is 0.629. The van der Waals surface area contributed by atoms with Crippen LogP contribution < -0.4 is 0 Å². The summed E-state index contributed by atoms with van der Waals surface area (Å²) >= 11 is 0. The van der Waals surface area contributed by atoms with Gasteiger partial charge in [0, 0.05) is 44.0 Å². The van der Waals surface area contributed by atoms with Crippen LogP contribution in [-0.4, -0.2) is 9.97 Å². The van der Waals surface area contributed by atoms with E-state index >= 15 is 0 Å². The minimum absolute atomic E-state index is 0.256. The van der Waals surface area contributed by atoms with Gasteiger partial charge in [-0.05, 0) is 36.4 Å². The molecule has 0 spiro atoms. The largest absolute Gasteiger partial charge is 0.360 e. The number of rotatable bonds is 3. The zero-order valence-electron chi connectivity index (χ0n) is 11.2. The van der Waals surface area contributed by atoms with Gasteiger partial charge in [-0.25, -0.2) is 8.78 Å². The second kappa shape index (κ2) is 5.37. The first kappa shape index (κ1) is 13.7. The smallest absolute Gasteiger partial charge is 0.123 e.